The van der Waals surface area contributed by atoms with E-state index in [1.54, 1.807) is 0 Å². The minimum absolute atomic E-state index is 1.10. The van der Waals surface area contributed by atoms with E-state index in [1.165, 1.54) is 49.7 Å². The zero-order chi connectivity index (χ0) is 41.2. The van der Waals surface area contributed by atoms with Gasteiger partial charge in [-0.3, -0.25) is 0 Å². The van der Waals surface area contributed by atoms with Crippen LogP contribution in [-0.4, -0.2) is 4.57 Å². The summed E-state index contributed by atoms with van der Waals surface area (Å²) >= 11 is 0. The average Bonchev–Trinajstić information content (AvgIpc) is 3.70. The molecule has 62 heavy (non-hydrogen) atoms. The minimum Gasteiger partial charge on any atom is -0.309 e. The largest absolute Gasteiger partial charge is 0.309 e. The Bertz CT molecular complexity index is 3310. The molecule has 10 aromatic carbocycles. The Balaban J connectivity index is 1.15. The predicted molar refractivity (Wildman–Crippen MR) is 263 cm³/mol. The van der Waals surface area contributed by atoms with Gasteiger partial charge in [-0.15, -0.1) is 0 Å². The van der Waals surface area contributed by atoms with Gasteiger partial charge in [0.25, 0.3) is 0 Å². The highest BCUT2D eigenvalue weighted by atomic mass is 15.2. The second-order valence-corrected chi connectivity index (χ2v) is 15.7. The highest BCUT2D eigenvalue weighted by molar-refractivity contribution is 6.17. The van der Waals surface area contributed by atoms with Crippen molar-refractivity contribution in [3.63, 3.8) is 0 Å². The van der Waals surface area contributed by atoms with Crippen LogP contribution >= 0.6 is 0 Å². The molecular formula is C60H42N2. The molecule has 11 aromatic rings. The molecule has 0 amide bonds. The van der Waals surface area contributed by atoms with Crippen molar-refractivity contribution in [2.75, 3.05) is 4.90 Å². The monoisotopic (exact) mass is 790 g/mol. The Labute approximate surface area is 362 Å². The molecule has 0 atom stereocenters. The first-order valence-corrected chi connectivity index (χ1v) is 21.3. The molecule has 1 heterocycles. The Morgan fingerprint density at radius 1 is 0.258 bits per heavy atom. The first kappa shape index (κ1) is 36.8. The smallest absolute Gasteiger partial charge is 0.0562 e. The average molecular weight is 791 g/mol. The number of hydrogen-bond acceptors (Lipinski definition) is 1. The molecule has 0 aliphatic heterocycles. The molecule has 0 radical (unpaired) electrons. The normalized spacial score (nSPS) is 11.2. The van der Waals surface area contributed by atoms with Crippen LogP contribution in [0.4, 0.5) is 17.1 Å². The molecule has 0 saturated carbocycles. The molecule has 0 aliphatic carbocycles. The molecule has 2 nitrogen and oxygen atoms in total. The third-order valence-corrected chi connectivity index (χ3v) is 12.0. The van der Waals surface area contributed by atoms with E-state index < -0.39 is 0 Å². The first-order chi connectivity index (χ1) is 30.8. The summed E-state index contributed by atoms with van der Waals surface area (Å²) in [5.74, 6) is 0. The van der Waals surface area contributed by atoms with Gasteiger partial charge in [-0.2, -0.15) is 0 Å². The van der Waals surface area contributed by atoms with Gasteiger partial charge in [-0.25, -0.2) is 0 Å². The van der Waals surface area contributed by atoms with Crippen LogP contribution in [0.15, 0.2) is 255 Å². The number of hydrogen-bond donors (Lipinski definition) is 0. The van der Waals surface area contributed by atoms with E-state index in [2.05, 4.69) is 264 Å². The first-order valence-electron chi connectivity index (χ1n) is 21.3. The predicted octanol–water partition coefficient (Wildman–Crippen LogP) is 16.6. The maximum atomic E-state index is 2.50. The molecule has 0 bridgehead atoms. The van der Waals surface area contributed by atoms with Crippen molar-refractivity contribution in [1.29, 1.82) is 0 Å². The van der Waals surface area contributed by atoms with Gasteiger partial charge >= 0.3 is 0 Å². The lowest BCUT2D eigenvalue weighted by Gasteiger charge is -2.31. The number of fused-ring (bicyclic) bond motifs is 3. The second kappa shape index (κ2) is 16.1. The Morgan fingerprint density at radius 2 is 0.694 bits per heavy atom. The molecule has 0 saturated heterocycles. The fourth-order valence-corrected chi connectivity index (χ4v) is 9.17. The molecule has 0 spiro atoms. The van der Waals surface area contributed by atoms with Gasteiger partial charge in [0.05, 0.1) is 28.1 Å². The Kier molecular flexibility index (Phi) is 9.57. The molecular weight excluding hydrogens is 749 g/mol. The van der Waals surface area contributed by atoms with E-state index in [4.69, 9.17) is 0 Å². The van der Waals surface area contributed by atoms with Crippen LogP contribution in [0.2, 0.25) is 0 Å². The fourth-order valence-electron chi connectivity index (χ4n) is 9.17. The highest BCUT2D eigenvalue weighted by Crippen LogP contribution is 2.49. The number of para-hydroxylation sites is 2. The van der Waals surface area contributed by atoms with E-state index >= 15 is 0 Å². The maximum Gasteiger partial charge on any atom is 0.0562 e. The van der Waals surface area contributed by atoms with Crippen molar-refractivity contribution in [2.45, 2.75) is 0 Å². The van der Waals surface area contributed by atoms with Gasteiger partial charge in [0.15, 0.2) is 0 Å². The van der Waals surface area contributed by atoms with E-state index in [0.29, 0.717) is 0 Å². The number of rotatable bonds is 9. The van der Waals surface area contributed by atoms with Gasteiger partial charge in [0.2, 0.25) is 0 Å². The van der Waals surface area contributed by atoms with Crippen molar-refractivity contribution < 1.29 is 0 Å². The quantitative estimate of drug-likeness (QED) is 0.141. The Hall–Kier alpha value is -8.20. The third-order valence-electron chi connectivity index (χ3n) is 12.0. The maximum absolute atomic E-state index is 2.50. The lowest BCUT2D eigenvalue weighted by Crippen LogP contribution is -2.13. The number of aromatic nitrogens is 1. The van der Waals surface area contributed by atoms with Crippen LogP contribution < -0.4 is 4.90 Å². The summed E-state index contributed by atoms with van der Waals surface area (Å²) in [5, 5.41) is 2.39. The van der Waals surface area contributed by atoms with E-state index in [1.807, 2.05) is 0 Å². The van der Waals surface area contributed by atoms with Gasteiger partial charge in [-0.1, -0.05) is 206 Å². The van der Waals surface area contributed by atoms with Crippen molar-refractivity contribution in [3.05, 3.63) is 255 Å². The van der Waals surface area contributed by atoms with Gasteiger partial charge < -0.3 is 9.47 Å². The summed E-state index contributed by atoms with van der Waals surface area (Å²) in [5.41, 5.74) is 18.6. The summed E-state index contributed by atoms with van der Waals surface area (Å²) in [6.07, 6.45) is 0. The van der Waals surface area contributed by atoms with Crippen molar-refractivity contribution in [1.82, 2.24) is 4.57 Å². The van der Waals surface area contributed by atoms with Gasteiger partial charge in [0, 0.05) is 27.6 Å². The van der Waals surface area contributed by atoms with Gasteiger partial charge in [-0.05, 0) is 93.0 Å². The molecule has 0 aliphatic rings. The summed E-state index contributed by atoms with van der Waals surface area (Å²) in [4.78, 5) is 2.50. The Morgan fingerprint density at radius 3 is 1.34 bits per heavy atom. The summed E-state index contributed by atoms with van der Waals surface area (Å²) in [7, 11) is 0. The van der Waals surface area contributed by atoms with Crippen molar-refractivity contribution >= 4 is 38.9 Å². The zero-order valence-corrected chi connectivity index (χ0v) is 34.1. The number of anilines is 3. The molecule has 0 fully saturated rings. The minimum atomic E-state index is 1.10. The number of nitrogens with zero attached hydrogens (tertiary/aromatic N) is 2. The SMILES string of the molecule is c1ccc(-c2ccc(N(c3ccccc3-c3ccccc3)c3cccc4c3c3ccccc3n4-c3ccc(-c4ccccc4-c4ccccc4)cc3)c(-c3ccccc3)c2)cc1. The van der Waals surface area contributed by atoms with Crippen LogP contribution in [0.1, 0.15) is 0 Å². The van der Waals surface area contributed by atoms with Crippen LogP contribution in [0.25, 0.3) is 83.1 Å². The lowest BCUT2D eigenvalue weighted by molar-refractivity contribution is 1.18. The summed E-state index contributed by atoms with van der Waals surface area (Å²) < 4.78 is 2.43. The molecule has 1 aromatic heterocycles. The molecule has 11 rings (SSSR count). The summed E-state index contributed by atoms with van der Waals surface area (Å²) in [6, 6.07) is 92.1. The van der Waals surface area contributed by atoms with E-state index in [9.17, 15) is 0 Å². The zero-order valence-electron chi connectivity index (χ0n) is 34.1. The van der Waals surface area contributed by atoms with Gasteiger partial charge in [0.1, 0.15) is 0 Å². The standard InChI is InChI=1S/C60H42N2/c1-5-20-43(21-6-1)48-38-41-57(54(42-48)46-26-11-4-12-27-46)62(55-32-17-15-30-52(55)45-24-9-3-10-25-45)59-35-19-34-58-60(59)53-31-16-18-33-56(53)61(58)49-39-36-47(37-40-49)51-29-14-13-28-50(51)44-22-7-2-8-23-44/h1-42H. The number of benzene rings is 10. The third kappa shape index (κ3) is 6.65. The van der Waals surface area contributed by atoms with Crippen LogP contribution in [-0.2, 0) is 0 Å². The van der Waals surface area contributed by atoms with Crippen LogP contribution in [0.5, 0.6) is 0 Å². The van der Waals surface area contributed by atoms with Crippen molar-refractivity contribution in [3.8, 4) is 61.3 Å². The molecule has 0 N–H and O–H groups in total. The van der Waals surface area contributed by atoms with Crippen LogP contribution in [0.3, 0.4) is 0 Å². The van der Waals surface area contributed by atoms with E-state index in [0.717, 1.165) is 50.5 Å². The lowest BCUT2D eigenvalue weighted by atomic mass is 9.94. The molecule has 292 valence electrons. The second-order valence-electron chi connectivity index (χ2n) is 15.7. The topological polar surface area (TPSA) is 8.17 Å². The van der Waals surface area contributed by atoms with Crippen molar-refractivity contribution in [2.24, 2.45) is 0 Å². The molecule has 2 heteroatoms. The van der Waals surface area contributed by atoms with Crippen LogP contribution in [0, 0.1) is 0 Å². The van der Waals surface area contributed by atoms with E-state index in [-0.39, 0.29) is 0 Å². The molecule has 0 unspecified atom stereocenters. The highest BCUT2D eigenvalue weighted by Gasteiger charge is 2.25. The fraction of sp³-hybridized carbons (Fsp3) is 0. The summed E-state index contributed by atoms with van der Waals surface area (Å²) in [6.45, 7) is 0.